The van der Waals surface area contributed by atoms with Gasteiger partial charge in [0, 0.05) is 40.5 Å². The first-order valence-electron chi connectivity index (χ1n) is 11.0. The van der Waals surface area contributed by atoms with Crippen LogP contribution in [0, 0.1) is 10.1 Å². The van der Waals surface area contributed by atoms with Crippen LogP contribution in [0.2, 0.25) is 10.0 Å². The second kappa shape index (κ2) is 13.6. The number of nitrogens with one attached hydrogen (secondary N) is 1. The van der Waals surface area contributed by atoms with Crippen LogP contribution in [0.5, 0.6) is 0 Å². The van der Waals surface area contributed by atoms with Crippen molar-refractivity contribution in [2.24, 2.45) is 0 Å². The highest BCUT2D eigenvalue weighted by atomic mass is 35.5. The Hall–Kier alpha value is -2.29. The third kappa shape index (κ3) is 8.18. The van der Waals surface area contributed by atoms with Crippen LogP contribution in [0.3, 0.4) is 0 Å². The predicted octanol–water partition coefficient (Wildman–Crippen LogP) is 5.86. The topological polar surface area (TPSA) is 92.6 Å². The quantitative estimate of drug-likeness (QED) is 0.276. The van der Waals surface area contributed by atoms with Crippen molar-refractivity contribution in [3.63, 3.8) is 0 Å². The van der Waals surface area contributed by atoms with E-state index in [2.05, 4.69) is 5.32 Å². The maximum Gasteiger partial charge on any atom is 0.269 e. The number of carbonyl (C=O) groups is 2. The minimum atomic E-state index is -0.645. The van der Waals surface area contributed by atoms with E-state index in [0.29, 0.717) is 27.8 Å². The van der Waals surface area contributed by atoms with Gasteiger partial charge in [-0.2, -0.15) is 0 Å². The molecule has 2 atom stereocenters. The molecule has 10 heteroatoms. The Morgan fingerprint density at radius 1 is 1.12 bits per heavy atom. The Kier molecular flexibility index (Phi) is 11.1. The van der Waals surface area contributed by atoms with Crippen molar-refractivity contribution in [3.8, 4) is 0 Å². The van der Waals surface area contributed by atoms with Crippen LogP contribution in [0.25, 0.3) is 0 Å². The van der Waals surface area contributed by atoms with Gasteiger partial charge in [0.1, 0.15) is 6.04 Å². The average Bonchev–Trinajstić information content (AvgIpc) is 2.80. The summed E-state index contributed by atoms with van der Waals surface area (Å²) < 4.78 is 0. The number of nitro groups is 1. The first-order chi connectivity index (χ1) is 16.2. The lowest BCUT2D eigenvalue weighted by molar-refractivity contribution is -0.384. The first-order valence-corrected chi connectivity index (χ1v) is 12.9. The van der Waals surface area contributed by atoms with Gasteiger partial charge in [-0.15, -0.1) is 11.8 Å². The molecule has 2 rings (SSSR count). The number of halogens is 2. The van der Waals surface area contributed by atoms with Gasteiger partial charge < -0.3 is 10.2 Å². The van der Waals surface area contributed by atoms with Crippen molar-refractivity contribution in [2.45, 2.75) is 58.0 Å². The van der Waals surface area contributed by atoms with Crippen molar-refractivity contribution < 1.29 is 14.5 Å². The van der Waals surface area contributed by atoms with Gasteiger partial charge in [0.25, 0.3) is 5.69 Å². The second-order valence-electron chi connectivity index (χ2n) is 7.92. The average molecular weight is 526 g/mol. The van der Waals surface area contributed by atoms with Crippen LogP contribution in [0.4, 0.5) is 5.69 Å². The molecule has 2 aromatic carbocycles. The molecule has 0 aromatic heterocycles. The van der Waals surface area contributed by atoms with Crippen molar-refractivity contribution in [2.75, 3.05) is 5.75 Å². The van der Waals surface area contributed by atoms with Crippen molar-refractivity contribution in [1.82, 2.24) is 10.2 Å². The SMILES string of the molecule is CCC(C)NC(=O)C(CC)N(Cc1ccc(Cl)cc1Cl)C(=O)CSCc1ccc([N+](=O)[O-])cc1. The van der Waals surface area contributed by atoms with E-state index in [-0.39, 0.29) is 35.8 Å². The lowest BCUT2D eigenvalue weighted by Gasteiger charge is -2.31. The number of hydrogen-bond acceptors (Lipinski definition) is 5. The number of carbonyl (C=O) groups excluding carboxylic acids is 2. The van der Waals surface area contributed by atoms with Crippen LogP contribution < -0.4 is 5.32 Å². The van der Waals surface area contributed by atoms with Gasteiger partial charge in [-0.1, -0.05) is 55.2 Å². The monoisotopic (exact) mass is 525 g/mol. The fraction of sp³-hybridized carbons (Fsp3) is 0.417. The summed E-state index contributed by atoms with van der Waals surface area (Å²) in [6, 6.07) is 10.7. The Morgan fingerprint density at radius 3 is 2.35 bits per heavy atom. The molecule has 0 radical (unpaired) electrons. The Bertz CT molecular complexity index is 1000. The molecule has 0 saturated carbocycles. The van der Waals surface area contributed by atoms with E-state index in [4.69, 9.17) is 23.2 Å². The van der Waals surface area contributed by atoms with E-state index in [1.807, 2.05) is 20.8 Å². The fourth-order valence-corrected chi connectivity index (χ4v) is 4.59. The largest absolute Gasteiger partial charge is 0.352 e. The van der Waals surface area contributed by atoms with Crippen LogP contribution >= 0.6 is 35.0 Å². The normalized spacial score (nSPS) is 12.6. The summed E-state index contributed by atoms with van der Waals surface area (Å²) in [7, 11) is 0. The standard InChI is InChI=1S/C24H29Cl2N3O4S/c1-4-16(3)27-24(31)22(5-2)28(13-18-8-9-19(25)12-21(18)26)23(30)15-34-14-17-6-10-20(11-7-17)29(32)33/h6-12,16,22H,4-5,13-15H2,1-3H3,(H,27,31). The van der Waals surface area contributed by atoms with Crippen LogP contribution in [-0.2, 0) is 21.9 Å². The molecule has 2 amide bonds. The van der Waals surface area contributed by atoms with Crippen LogP contribution in [-0.4, -0.2) is 39.5 Å². The molecule has 2 unspecified atom stereocenters. The molecular formula is C24H29Cl2N3O4S. The van der Waals surface area contributed by atoms with Gasteiger partial charge >= 0.3 is 0 Å². The summed E-state index contributed by atoms with van der Waals surface area (Å²) in [5.74, 6) is 0.268. The van der Waals surface area contributed by atoms with Gasteiger partial charge in [-0.3, -0.25) is 19.7 Å². The molecule has 0 spiro atoms. The maximum atomic E-state index is 13.3. The lowest BCUT2D eigenvalue weighted by Crippen LogP contribution is -2.51. The lowest BCUT2D eigenvalue weighted by atomic mass is 10.1. The van der Waals surface area contributed by atoms with E-state index in [9.17, 15) is 19.7 Å². The van der Waals surface area contributed by atoms with Gasteiger partial charge in [-0.05, 0) is 43.0 Å². The number of hydrogen-bond donors (Lipinski definition) is 1. The number of rotatable bonds is 12. The summed E-state index contributed by atoms with van der Waals surface area (Å²) in [6.07, 6.45) is 1.23. The maximum absolute atomic E-state index is 13.3. The Morgan fingerprint density at radius 2 is 1.79 bits per heavy atom. The molecule has 0 aliphatic carbocycles. The highest BCUT2D eigenvalue weighted by molar-refractivity contribution is 7.99. The van der Waals surface area contributed by atoms with E-state index < -0.39 is 11.0 Å². The summed E-state index contributed by atoms with van der Waals surface area (Å²) in [6.45, 7) is 5.96. The van der Waals surface area contributed by atoms with Gasteiger partial charge in [0.15, 0.2) is 0 Å². The van der Waals surface area contributed by atoms with Crippen molar-refractivity contribution in [1.29, 1.82) is 0 Å². The Balaban J connectivity index is 2.16. The molecule has 0 fully saturated rings. The molecule has 0 heterocycles. The molecule has 184 valence electrons. The van der Waals surface area contributed by atoms with Crippen molar-refractivity contribution in [3.05, 3.63) is 73.8 Å². The van der Waals surface area contributed by atoms with Crippen LogP contribution in [0.15, 0.2) is 42.5 Å². The second-order valence-corrected chi connectivity index (χ2v) is 9.74. The molecule has 34 heavy (non-hydrogen) atoms. The highest BCUT2D eigenvalue weighted by Gasteiger charge is 2.29. The molecule has 1 N–H and O–H groups in total. The molecular weight excluding hydrogens is 497 g/mol. The molecule has 2 aromatic rings. The first kappa shape index (κ1) is 28.0. The minimum absolute atomic E-state index is 0.00543. The summed E-state index contributed by atoms with van der Waals surface area (Å²) >= 11 is 13.8. The number of non-ortho nitro benzene ring substituents is 1. The number of amides is 2. The third-order valence-corrected chi connectivity index (χ3v) is 6.96. The number of nitro benzene ring substituents is 1. The molecule has 0 saturated heterocycles. The highest BCUT2D eigenvalue weighted by Crippen LogP contribution is 2.25. The molecule has 0 aliphatic rings. The van der Waals surface area contributed by atoms with E-state index in [1.54, 1.807) is 35.2 Å². The van der Waals surface area contributed by atoms with Gasteiger partial charge in [0.2, 0.25) is 11.8 Å². The summed E-state index contributed by atoms with van der Waals surface area (Å²) in [5.41, 5.74) is 1.60. The fourth-order valence-electron chi connectivity index (χ4n) is 3.25. The predicted molar refractivity (Wildman–Crippen MR) is 138 cm³/mol. The van der Waals surface area contributed by atoms with E-state index in [0.717, 1.165) is 12.0 Å². The Labute approximate surface area is 214 Å². The summed E-state index contributed by atoms with van der Waals surface area (Å²) in [4.78, 5) is 38.2. The van der Waals surface area contributed by atoms with Gasteiger partial charge in [0.05, 0.1) is 10.7 Å². The molecule has 0 aliphatic heterocycles. The minimum Gasteiger partial charge on any atom is -0.352 e. The zero-order valence-electron chi connectivity index (χ0n) is 19.4. The molecule has 7 nitrogen and oxygen atoms in total. The van der Waals surface area contributed by atoms with Crippen LogP contribution in [0.1, 0.15) is 44.7 Å². The number of benzene rings is 2. The van der Waals surface area contributed by atoms with E-state index >= 15 is 0 Å². The number of nitrogens with zero attached hydrogens (tertiary/aromatic N) is 2. The number of thioether (sulfide) groups is 1. The van der Waals surface area contributed by atoms with Crippen molar-refractivity contribution >= 4 is 52.5 Å². The van der Waals surface area contributed by atoms with E-state index in [1.165, 1.54) is 23.9 Å². The zero-order chi connectivity index (χ0) is 25.3. The van der Waals surface area contributed by atoms with Gasteiger partial charge in [-0.25, -0.2) is 0 Å². The smallest absolute Gasteiger partial charge is 0.269 e. The zero-order valence-corrected chi connectivity index (χ0v) is 21.8. The third-order valence-electron chi connectivity index (χ3n) is 5.38. The summed E-state index contributed by atoms with van der Waals surface area (Å²) in [5, 5.41) is 14.7. The molecule has 0 bridgehead atoms.